The molecule has 0 bridgehead atoms. The van der Waals surface area contributed by atoms with Crippen molar-refractivity contribution < 1.29 is 4.79 Å². The third-order valence-corrected chi connectivity index (χ3v) is 2.31. The first-order valence-corrected chi connectivity index (χ1v) is 5.78. The van der Waals surface area contributed by atoms with Gasteiger partial charge in [0.15, 0.2) is 0 Å². The Morgan fingerprint density at radius 3 is 2.56 bits per heavy atom. The van der Waals surface area contributed by atoms with Gasteiger partial charge in [0, 0.05) is 13.1 Å². The number of nitrogens with zero attached hydrogens (tertiary/aromatic N) is 2. The van der Waals surface area contributed by atoms with Gasteiger partial charge in [-0.05, 0) is 18.8 Å². The Kier molecular flexibility index (Phi) is 5.83. The van der Waals surface area contributed by atoms with E-state index in [2.05, 4.69) is 31.2 Å². The lowest BCUT2D eigenvalue weighted by molar-refractivity contribution is -0.117. The van der Waals surface area contributed by atoms with Gasteiger partial charge in [0.05, 0.1) is 11.7 Å². The van der Waals surface area contributed by atoms with E-state index in [0.717, 1.165) is 12.1 Å². The maximum Gasteiger partial charge on any atom is 0.242 e. The highest BCUT2D eigenvalue weighted by Crippen LogP contribution is 2.21. The molecule has 18 heavy (non-hydrogen) atoms. The lowest BCUT2D eigenvalue weighted by atomic mass is 9.91. The Morgan fingerprint density at radius 2 is 2.11 bits per heavy atom. The van der Waals surface area contributed by atoms with Gasteiger partial charge in [-0.1, -0.05) is 20.8 Å². The van der Waals surface area contributed by atoms with Gasteiger partial charge in [0.25, 0.3) is 0 Å². The molecule has 1 amide bonds. The summed E-state index contributed by atoms with van der Waals surface area (Å²) in [5.41, 5.74) is 6.65. The van der Waals surface area contributed by atoms with E-state index in [1.54, 1.807) is 11.6 Å². The molecule has 0 unspecified atom stereocenters. The third kappa shape index (κ3) is 5.06. The van der Waals surface area contributed by atoms with E-state index in [4.69, 9.17) is 5.73 Å². The second-order valence-corrected chi connectivity index (χ2v) is 5.66. The summed E-state index contributed by atoms with van der Waals surface area (Å²) >= 11 is 0. The number of aryl methyl sites for hydroxylation is 1. The molecule has 5 nitrogen and oxygen atoms in total. The van der Waals surface area contributed by atoms with Gasteiger partial charge in [-0.2, -0.15) is 5.10 Å². The van der Waals surface area contributed by atoms with Gasteiger partial charge in [-0.25, -0.2) is 0 Å². The van der Waals surface area contributed by atoms with Crippen molar-refractivity contribution in [2.75, 3.05) is 5.32 Å². The number of nitrogens with one attached hydrogen (secondary N) is 1. The molecule has 104 valence electrons. The van der Waals surface area contributed by atoms with Gasteiger partial charge in [-0.3, -0.25) is 9.48 Å². The van der Waals surface area contributed by atoms with Gasteiger partial charge in [0.2, 0.25) is 5.91 Å². The second-order valence-electron chi connectivity index (χ2n) is 5.66. The smallest absolute Gasteiger partial charge is 0.242 e. The number of rotatable bonds is 3. The molecule has 1 heterocycles. The Morgan fingerprint density at radius 1 is 1.56 bits per heavy atom. The minimum absolute atomic E-state index is 0. The van der Waals surface area contributed by atoms with Crippen LogP contribution in [-0.2, 0) is 18.3 Å². The molecule has 0 aliphatic heterocycles. The van der Waals surface area contributed by atoms with Gasteiger partial charge in [0.1, 0.15) is 5.82 Å². The molecule has 0 spiro atoms. The average Bonchev–Trinajstić information content (AvgIpc) is 2.43. The van der Waals surface area contributed by atoms with Crippen LogP contribution in [0.2, 0.25) is 0 Å². The molecular weight excluding hydrogens is 252 g/mol. The van der Waals surface area contributed by atoms with Crippen LogP contribution in [0, 0.1) is 5.41 Å². The van der Waals surface area contributed by atoms with E-state index in [1.807, 2.05) is 13.1 Å². The summed E-state index contributed by atoms with van der Waals surface area (Å²) in [6.45, 7) is 8.12. The predicted octanol–water partition coefficient (Wildman–Crippen LogP) is 1.72. The summed E-state index contributed by atoms with van der Waals surface area (Å²) < 4.78 is 1.67. The minimum Gasteiger partial charge on any atom is -0.320 e. The molecule has 0 radical (unpaired) electrons. The van der Waals surface area contributed by atoms with Crippen molar-refractivity contribution in [2.24, 2.45) is 18.2 Å². The lowest BCUT2D eigenvalue weighted by Gasteiger charge is -2.15. The fraction of sp³-hybridized carbons (Fsp3) is 0.667. The Labute approximate surface area is 115 Å². The lowest BCUT2D eigenvalue weighted by Crippen LogP contribution is -2.33. The highest BCUT2D eigenvalue weighted by atomic mass is 35.5. The van der Waals surface area contributed by atoms with E-state index in [9.17, 15) is 4.79 Å². The standard InChI is InChI=1S/C12H22N4O.ClH/c1-8(13)11(17)14-10-6-9(15-16(10)5)7-12(2,3)4;/h6,8H,7,13H2,1-5H3,(H,14,17);1H/t8-;/m0./s1. The minimum atomic E-state index is -0.518. The highest BCUT2D eigenvalue weighted by Gasteiger charge is 2.16. The number of carbonyl (C=O) groups excluding carboxylic acids is 1. The number of hydrogen-bond acceptors (Lipinski definition) is 3. The van der Waals surface area contributed by atoms with Crippen LogP contribution in [0.1, 0.15) is 33.4 Å². The van der Waals surface area contributed by atoms with Crippen molar-refractivity contribution in [1.29, 1.82) is 0 Å². The molecule has 0 saturated carbocycles. The number of halogens is 1. The van der Waals surface area contributed by atoms with Crippen molar-refractivity contribution in [3.8, 4) is 0 Å². The number of hydrogen-bond donors (Lipinski definition) is 2. The molecule has 0 aliphatic rings. The van der Waals surface area contributed by atoms with Crippen LogP contribution in [-0.4, -0.2) is 21.7 Å². The monoisotopic (exact) mass is 274 g/mol. The molecular formula is C12H23ClN4O. The van der Waals surface area contributed by atoms with Crippen LogP contribution in [0.3, 0.4) is 0 Å². The molecule has 1 rings (SSSR count). The third-order valence-electron chi connectivity index (χ3n) is 2.31. The predicted molar refractivity (Wildman–Crippen MR) is 75.9 cm³/mol. The number of amides is 1. The molecule has 6 heteroatoms. The molecule has 0 aromatic carbocycles. The normalized spacial score (nSPS) is 12.8. The Bertz CT molecular complexity index is 407. The van der Waals surface area contributed by atoms with E-state index in [1.165, 1.54) is 0 Å². The first kappa shape index (κ1) is 16.9. The molecule has 0 fully saturated rings. The maximum atomic E-state index is 11.5. The topological polar surface area (TPSA) is 72.9 Å². The summed E-state index contributed by atoms with van der Waals surface area (Å²) in [6, 6.07) is 1.38. The number of aromatic nitrogens is 2. The molecule has 0 saturated heterocycles. The van der Waals surface area contributed by atoms with Crippen LogP contribution in [0.25, 0.3) is 0 Å². The highest BCUT2D eigenvalue weighted by molar-refractivity contribution is 5.93. The summed E-state index contributed by atoms with van der Waals surface area (Å²) in [6.07, 6.45) is 0.870. The van der Waals surface area contributed by atoms with E-state index in [0.29, 0.717) is 5.82 Å². The van der Waals surface area contributed by atoms with Crippen LogP contribution in [0.4, 0.5) is 5.82 Å². The second kappa shape index (κ2) is 6.20. The summed E-state index contributed by atoms with van der Waals surface area (Å²) in [5, 5.41) is 7.12. The fourth-order valence-corrected chi connectivity index (χ4v) is 1.51. The van der Waals surface area contributed by atoms with Crippen LogP contribution >= 0.6 is 12.4 Å². The molecule has 1 atom stereocenters. The first-order valence-electron chi connectivity index (χ1n) is 5.78. The zero-order chi connectivity index (χ0) is 13.2. The molecule has 3 N–H and O–H groups in total. The zero-order valence-electron chi connectivity index (χ0n) is 11.7. The van der Waals surface area contributed by atoms with Crippen LogP contribution in [0.15, 0.2) is 6.07 Å². The fourth-order valence-electron chi connectivity index (χ4n) is 1.51. The van der Waals surface area contributed by atoms with Crippen molar-refractivity contribution in [3.63, 3.8) is 0 Å². The van der Waals surface area contributed by atoms with E-state index >= 15 is 0 Å². The number of anilines is 1. The summed E-state index contributed by atoms with van der Waals surface area (Å²) in [7, 11) is 1.81. The van der Waals surface area contributed by atoms with Gasteiger partial charge < -0.3 is 11.1 Å². The zero-order valence-corrected chi connectivity index (χ0v) is 12.5. The summed E-state index contributed by atoms with van der Waals surface area (Å²) in [5.74, 6) is 0.488. The summed E-state index contributed by atoms with van der Waals surface area (Å²) in [4.78, 5) is 11.5. The first-order chi connectivity index (χ1) is 7.69. The largest absolute Gasteiger partial charge is 0.320 e. The quantitative estimate of drug-likeness (QED) is 0.881. The number of carbonyl (C=O) groups is 1. The van der Waals surface area contributed by atoms with E-state index < -0.39 is 6.04 Å². The van der Waals surface area contributed by atoms with E-state index in [-0.39, 0.29) is 23.7 Å². The Balaban J connectivity index is 0.00000289. The van der Waals surface area contributed by atoms with Crippen molar-refractivity contribution >= 4 is 24.1 Å². The SMILES string of the molecule is C[C@H](N)C(=O)Nc1cc(CC(C)(C)C)nn1C.Cl. The van der Waals surface area contributed by atoms with Crippen molar-refractivity contribution in [2.45, 2.75) is 40.2 Å². The van der Waals surface area contributed by atoms with Crippen molar-refractivity contribution in [3.05, 3.63) is 11.8 Å². The number of nitrogens with two attached hydrogens (primary N) is 1. The molecule has 1 aromatic rings. The maximum absolute atomic E-state index is 11.5. The van der Waals surface area contributed by atoms with Gasteiger partial charge >= 0.3 is 0 Å². The van der Waals surface area contributed by atoms with Crippen LogP contribution in [0.5, 0.6) is 0 Å². The Hall–Kier alpha value is -1.07. The van der Waals surface area contributed by atoms with Gasteiger partial charge in [-0.15, -0.1) is 12.4 Å². The van der Waals surface area contributed by atoms with Crippen molar-refractivity contribution in [1.82, 2.24) is 9.78 Å². The molecule has 1 aromatic heterocycles. The molecule has 0 aliphatic carbocycles. The van der Waals surface area contributed by atoms with Crippen LogP contribution < -0.4 is 11.1 Å². The average molecular weight is 275 g/mol.